The Morgan fingerprint density at radius 1 is 1.04 bits per heavy atom. The topological polar surface area (TPSA) is 117 Å². The van der Waals surface area contributed by atoms with Gasteiger partial charge in [0.2, 0.25) is 0 Å². The molecule has 2 aromatic carbocycles. The van der Waals surface area contributed by atoms with Crippen molar-refractivity contribution in [1.82, 2.24) is 13.6 Å². The van der Waals surface area contributed by atoms with Gasteiger partial charge in [-0.1, -0.05) is 12.1 Å². The fourth-order valence-corrected chi connectivity index (χ4v) is 3.07. The van der Waals surface area contributed by atoms with Crippen LogP contribution in [0.25, 0.3) is 10.9 Å². The number of nitro groups is 1. The van der Waals surface area contributed by atoms with Crippen LogP contribution in [0.5, 0.6) is 5.75 Å². The Bertz CT molecular complexity index is 1380. The summed E-state index contributed by atoms with van der Waals surface area (Å²) in [6, 6.07) is 10.2. The summed E-state index contributed by atoms with van der Waals surface area (Å²) in [6.45, 7) is -0.189. The molecule has 0 radical (unpaired) electrons. The minimum atomic E-state index is -0.813. The van der Waals surface area contributed by atoms with E-state index in [-0.39, 0.29) is 23.1 Å². The molecular weight excluding hydrogens is 356 g/mol. The Morgan fingerprint density at radius 3 is 2.48 bits per heavy atom. The van der Waals surface area contributed by atoms with Crippen molar-refractivity contribution in [1.29, 1.82) is 0 Å². The molecule has 136 valence electrons. The van der Waals surface area contributed by atoms with Crippen LogP contribution in [0, 0.1) is 10.1 Å². The van der Waals surface area contributed by atoms with Gasteiger partial charge < -0.3 is 4.74 Å². The van der Waals surface area contributed by atoms with Crippen LogP contribution in [0.15, 0.2) is 56.8 Å². The summed E-state index contributed by atoms with van der Waals surface area (Å²) < 4.78 is 7.69. The molecule has 27 heavy (non-hydrogen) atoms. The largest absolute Gasteiger partial charge is 0.497 e. The Balaban J connectivity index is 1.93. The highest BCUT2D eigenvalue weighted by atomic mass is 16.6. The zero-order chi connectivity index (χ0) is 19.3. The molecule has 0 N–H and O–H groups in total. The van der Waals surface area contributed by atoms with Gasteiger partial charge in [0.15, 0.2) is 0 Å². The number of benzene rings is 2. The standard InChI is InChI=1S/C17H12N4O6/c1-27-12-5-6-14-13(8-12)15(22)20-17(24)18(16(23)19(14)20)9-10-3-2-4-11(7-10)21(25)26/h2-8H,9H2,1H3. The lowest BCUT2D eigenvalue weighted by atomic mass is 10.2. The highest BCUT2D eigenvalue weighted by molar-refractivity contribution is 5.80. The highest BCUT2D eigenvalue weighted by Crippen LogP contribution is 2.17. The van der Waals surface area contributed by atoms with Crippen molar-refractivity contribution in [2.24, 2.45) is 0 Å². The fourth-order valence-electron chi connectivity index (χ4n) is 3.07. The Morgan fingerprint density at radius 2 is 1.78 bits per heavy atom. The lowest BCUT2D eigenvalue weighted by molar-refractivity contribution is -0.384. The fraction of sp³-hybridized carbons (Fsp3) is 0.118. The second-order valence-electron chi connectivity index (χ2n) is 5.89. The normalized spacial score (nSPS) is 11.3. The second kappa shape index (κ2) is 5.80. The lowest BCUT2D eigenvalue weighted by Gasteiger charge is -2.00. The SMILES string of the molecule is COc1ccc2c(c1)c(=O)n1c(=O)n(Cc3cccc([N+](=O)[O-])c3)c(=O)n21. The van der Waals surface area contributed by atoms with E-state index in [1.165, 1.54) is 37.4 Å². The predicted octanol–water partition coefficient (Wildman–Crippen LogP) is 0.477. The summed E-state index contributed by atoms with van der Waals surface area (Å²) in [7, 11) is 1.44. The maximum absolute atomic E-state index is 12.8. The third-order valence-electron chi connectivity index (χ3n) is 4.34. The first-order valence-electron chi connectivity index (χ1n) is 7.83. The molecule has 0 spiro atoms. The number of hydrogen-bond donors (Lipinski definition) is 0. The lowest BCUT2D eigenvalue weighted by Crippen LogP contribution is -2.30. The molecule has 0 aliphatic carbocycles. The van der Waals surface area contributed by atoms with Gasteiger partial charge in [0.1, 0.15) is 5.75 Å². The summed E-state index contributed by atoms with van der Waals surface area (Å²) in [4.78, 5) is 48.3. The first-order chi connectivity index (χ1) is 12.9. The molecule has 0 saturated carbocycles. The summed E-state index contributed by atoms with van der Waals surface area (Å²) in [6.07, 6.45) is 0. The van der Waals surface area contributed by atoms with E-state index < -0.39 is 21.9 Å². The van der Waals surface area contributed by atoms with Gasteiger partial charge in [0.25, 0.3) is 11.2 Å². The van der Waals surface area contributed by atoms with E-state index in [4.69, 9.17) is 4.74 Å². The smallest absolute Gasteiger partial charge is 0.355 e. The van der Waals surface area contributed by atoms with E-state index in [0.717, 1.165) is 13.6 Å². The van der Waals surface area contributed by atoms with Crippen molar-refractivity contribution in [3.63, 3.8) is 0 Å². The number of non-ortho nitro benzene ring substituents is 1. The molecule has 4 aromatic rings. The van der Waals surface area contributed by atoms with Gasteiger partial charge in [-0.3, -0.25) is 14.9 Å². The van der Waals surface area contributed by atoms with Crippen molar-refractivity contribution in [3.05, 3.63) is 89.5 Å². The maximum atomic E-state index is 12.8. The number of ether oxygens (including phenoxy) is 1. The average Bonchev–Trinajstić information content (AvgIpc) is 3.09. The Kier molecular flexibility index (Phi) is 3.55. The number of nitro benzene ring substituents is 1. The molecule has 0 saturated heterocycles. The average molecular weight is 368 g/mol. The molecule has 0 aliphatic rings. The van der Waals surface area contributed by atoms with Crippen LogP contribution in [0.4, 0.5) is 5.69 Å². The number of rotatable bonds is 4. The summed E-state index contributed by atoms with van der Waals surface area (Å²) in [5.74, 6) is 0.429. The Labute approximate surface area is 149 Å². The second-order valence-corrected chi connectivity index (χ2v) is 5.89. The molecule has 0 fully saturated rings. The predicted molar refractivity (Wildman–Crippen MR) is 95.1 cm³/mol. The first kappa shape index (κ1) is 16.5. The number of nitrogens with zero attached hydrogens (tertiary/aromatic N) is 4. The summed E-state index contributed by atoms with van der Waals surface area (Å²) in [5, 5.41) is 11.1. The van der Waals surface area contributed by atoms with Gasteiger partial charge in [-0.25, -0.2) is 14.2 Å². The minimum Gasteiger partial charge on any atom is -0.497 e. The van der Waals surface area contributed by atoms with Gasteiger partial charge in [0.05, 0.1) is 29.5 Å². The first-order valence-corrected chi connectivity index (χ1v) is 7.83. The van der Waals surface area contributed by atoms with Crippen LogP contribution in [0.3, 0.4) is 0 Å². The highest BCUT2D eigenvalue weighted by Gasteiger charge is 2.20. The molecule has 2 aromatic heterocycles. The van der Waals surface area contributed by atoms with Crippen LogP contribution >= 0.6 is 0 Å². The van der Waals surface area contributed by atoms with E-state index in [9.17, 15) is 24.5 Å². The number of fused-ring (bicyclic) bond motifs is 3. The van der Waals surface area contributed by atoms with Crippen molar-refractivity contribution < 1.29 is 9.66 Å². The van der Waals surface area contributed by atoms with E-state index in [1.54, 1.807) is 12.1 Å². The minimum absolute atomic E-state index is 0.152. The third kappa shape index (κ3) is 2.38. The monoisotopic (exact) mass is 368 g/mol. The molecule has 0 unspecified atom stereocenters. The zero-order valence-electron chi connectivity index (χ0n) is 14.0. The van der Waals surface area contributed by atoms with E-state index >= 15 is 0 Å². The molecule has 4 rings (SSSR count). The Hall–Kier alpha value is -3.95. The van der Waals surface area contributed by atoms with Crippen molar-refractivity contribution >= 4 is 16.6 Å². The van der Waals surface area contributed by atoms with E-state index in [1.807, 2.05) is 0 Å². The van der Waals surface area contributed by atoms with Crippen LogP contribution in [-0.2, 0) is 6.54 Å². The van der Waals surface area contributed by atoms with Gasteiger partial charge in [-0.15, -0.1) is 0 Å². The van der Waals surface area contributed by atoms with Gasteiger partial charge in [0, 0.05) is 12.1 Å². The number of hydrogen-bond acceptors (Lipinski definition) is 6. The van der Waals surface area contributed by atoms with E-state index in [0.29, 0.717) is 11.3 Å². The summed E-state index contributed by atoms with van der Waals surface area (Å²) in [5.41, 5.74) is -1.63. The molecular formula is C17H12N4O6. The quantitative estimate of drug-likeness (QED) is 0.382. The number of aromatic nitrogens is 3. The molecule has 0 bridgehead atoms. The molecule has 0 aliphatic heterocycles. The summed E-state index contributed by atoms with van der Waals surface area (Å²) >= 11 is 0. The molecule has 10 heteroatoms. The van der Waals surface area contributed by atoms with Crippen molar-refractivity contribution in [2.75, 3.05) is 7.11 Å². The molecule has 0 atom stereocenters. The molecule has 0 amide bonds. The maximum Gasteiger partial charge on any atom is 0.355 e. The van der Waals surface area contributed by atoms with Crippen molar-refractivity contribution in [2.45, 2.75) is 6.54 Å². The van der Waals surface area contributed by atoms with Crippen LogP contribution in [0.2, 0.25) is 0 Å². The van der Waals surface area contributed by atoms with Crippen LogP contribution in [0.1, 0.15) is 5.56 Å². The van der Waals surface area contributed by atoms with Crippen LogP contribution in [-0.4, -0.2) is 25.6 Å². The third-order valence-corrected chi connectivity index (χ3v) is 4.34. The van der Waals surface area contributed by atoms with E-state index in [2.05, 4.69) is 0 Å². The van der Waals surface area contributed by atoms with Crippen molar-refractivity contribution in [3.8, 4) is 5.75 Å². The van der Waals surface area contributed by atoms with Gasteiger partial charge >= 0.3 is 11.4 Å². The zero-order valence-corrected chi connectivity index (χ0v) is 14.0. The van der Waals surface area contributed by atoms with Crippen LogP contribution < -0.4 is 21.7 Å². The number of methoxy groups -OCH3 is 1. The van der Waals surface area contributed by atoms with Gasteiger partial charge in [-0.2, -0.15) is 9.03 Å². The van der Waals surface area contributed by atoms with Gasteiger partial charge in [-0.05, 0) is 23.8 Å². The molecule has 2 heterocycles. The molecule has 10 nitrogen and oxygen atoms in total.